The summed E-state index contributed by atoms with van der Waals surface area (Å²) in [4.78, 5) is 13.9. The summed E-state index contributed by atoms with van der Waals surface area (Å²) in [6.45, 7) is 1.85. The predicted octanol–water partition coefficient (Wildman–Crippen LogP) is 3.64. The Balaban J connectivity index is 1.60. The van der Waals surface area contributed by atoms with Crippen molar-refractivity contribution < 1.29 is 4.79 Å². The zero-order valence-corrected chi connectivity index (χ0v) is 12.6. The normalized spacial score (nSPS) is 17.3. The molecule has 1 radical (unpaired) electrons. The van der Waals surface area contributed by atoms with Crippen LogP contribution in [0.25, 0.3) is 11.1 Å². The SMILES string of the molecule is O=C1CCCCN1c1c[c]c(-c2ccc3c(c2)NCC3)cc1. The van der Waals surface area contributed by atoms with Crippen LogP contribution in [0.15, 0.2) is 36.4 Å². The first-order valence-electron chi connectivity index (χ1n) is 8.00. The molecular weight excluding hydrogens is 272 g/mol. The van der Waals surface area contributed by atoms with E-state index in [0.29, 0.717) is 6.42 Å². The number of nitrogens with zero attached hydrogens (tertiary/aromatic N) is 1. The van der Waals surface area contributed by atoms with Gasteiger partial charge in [-0.1, -0.05) is 18.2 Å². The van der Waals surface area contributed by atoms with Gasteiger partial charge in [0.1, 0.15) is 0 Å². The van der Waals surface area contributed by atoms with E-state index in [-0.39, 0.29) is 5.91 Å². The number of benzene rings is 2. The average Bonchev–Trinajstić information content (AvgIpc) is 3.03. The van der Waals surface area contributed by atoms with Crippen LogP contribution in [-0.2, 0) is 11.2 Å². The van der Waals surface area contributed by atoms with Crippen LogP contribution in [0.4, 0.5) is 11.4 Å². The van der Waals surface area contributed by atoms with Crippen molar-refractivity contribution in [2.75, 3.05) is 23.3 Å². The van der Waals surface area contributed by atoms with Crippen molar-refractivity contribution in [3.05, 3.63) is 48.0 Å². The molecule has 2 heterocycles. The first-order chi connectivity index (χ1) is 10.8. The molecule has 0 atom stereocenters. The molecule has 111 valence electrons. The Labute approximate surface area is 131 Å². The standard InChI is InChI=1S/C19H19N2O/c22-19-3-1-2-12-21(19)17-8-6-14(7-9-17)16-5-4-15-10-11-20-18(15)13-16/h4-6,8-9,13,20H,1-3,10-12H2. The first-order valence-corrected chi connectivity index (χ1v) is 8.00. The zero-order valence-electron chi connectivity index (χ0n) is 12.6. The number of hydrogen-bond acceptors (Lipinski definition) is 2. The van der Waals surface area contributed by atoms with E-state index in [9.17, 15) is 4.79 Å². The van der Waals surface area contributed by atoms with Crippen molar-refractivity contribution in [1.82, 2.24) is 0 Å². The lowest BCUT2D eigenvalue weighted by molar-refractivity contribution is -0.119. The molecule has 0 spiro atoms. The van der Waals surface area contributed by atoms with Gasteiger partial charge in [0, 0.05) is 30.9 Å². The highest BCUT2D eigenvalue weighted by atomic mass is 16.2. The average molecular weight is 291 g/mol. The number of amides is 1. The minimum Gasteiger partial charge on any atom is -0.384 e. The summed E-state index contributed by atoms with van der Waals surface area (Å²) in [5.74, 6) is 0.231. The summed E-state index contributed by atoms with van der Waals surface area (Å²) in [7, 11) is 0. The Morgan fingerprint density at radius 2 is 2.05 bits per heavy atom. The molecule has 22 heavy (non-hydrogen) atoms. The molecule has 1 amide bonds. The minimum absolute atomic E-state index is 0.231. The molecule has 4 rings (SSSR count). The number of nitrogens with one attached hydrogen (secondary N) is 1. The molecular formula is C19H19N2O. The van der Waals surface area contributed by atoms with Crippen molar-refractivity contribution in [3.63, 3.8) is 0 Å². The monoisotopic (exact) mass is 291 g/mol. The van der Waals surface area contributed by atoms with Crippen LogP contribution in [-0.4, -0.2) is 19.0 Å². The van der Waals surface area contributed by atoms with E-state index < -0.39 is 0 Å². The van der Waals surface area contributed by atoms with Crippen LogP contribution in [0.3, 0.4) is 0 Å². The number of piperidine rings is 1. The van der Waals surface area contributed by atoms with Crippen molar-refractivity contribution in [1.29, 1.82) is 0 Å². The zero-order chi connectivity index (χ0) is 14.9. The molecule has 2 aromatic carbocycles. The van der Waals surface area contributed by atoms with Gasteiger partial charge in [-0.25, -0.2) is 0 Å². The molecule has 2 aliphatic heterocycles. The first kappa shape index (κ1) is 13.4. The molecule has 2 aliphatic rings. The van der Waals surface area contributed by atoms with Gasteiger partial charge >= 0.3 is 0 Å². The Bertz CT molecular complexity index is 706. The van der Waals surface area contributed by atoms with Crippen molar-refractivity contribution in [2.24, 2.45) is 0 Å². The molecule has 0 bridgehead atoms. The molecule has 0 saturated carbocycles. The highest BCUT2D eigenvalue weighted by Gasteiger charge is 2.19. The third kappa shape index (κ3) is 2.37. The third-order valence-corrected chi connectivity index (χ3v) is 4.56. The van der Waals surface area contributed by atoms with E-state index in [4.69, 9.17) is 0 Å². The molecule has 1 fully saturated rings. The summed E-state index contributed by atoms with van der Waals surface area (Å²) in [6, 6.07) is 15.9. The van der Waals surface area contributed by atoms with Crippen LogP contribution in [0.1, 0.15) is 24.8 Å². The minimum atomic E-state index is 0.231. The molecule has 0 aliphatic carbocycles. The lowest BCUT2D eigenvalue weighted by Gasteiger charge is -2.26. The Kier molecular flexibility index (Phi) is 3.34. The molecule has 0 unspecified atom stereocenters. The maximum absolute atomic E-state index is 12.0. The van der Waals surface area contributed by atoms with Crippen LogP contribution >= 0.6 is 0 Å². The largest absolute Gasteiger partial charge is 0.384 e. The summed E-state index contributed by atoms with van der Waals surface area (Å²) in [6.07, 6.45) is 3.87. The van der Waals surface area contributed by atoms with E-state index in [1.165, 1.54) is 16.8 Å². The second-order valence-electron chi connectivity index (χ2n) is 6.01. The lowest BCUT2D eigenvalue weighted by Crippen LogP contribution is -2.35. The fourth-order valence-electron chi connectivity index (χ4n) is 3.30. The van der Waals surface area contributed by atoms with Gasteiger partial charge in [-0.3, -0.25) is 4.79 Å². The Morgan fingerprint density at radius 1 is 1.09 bits per heavy atom. The number of hydrogen-bond donors (Lipinski definition) is 1. The number of carbonyl (C=O) groups is 1. The summed E-state index contributed by atoms with van der Waals surface area (Å²) < 4.78 is 0. The summed E-state index contributed by atoms with van der Waals surface area (Å²) in [5, 5.41) is 3.41. The highest BCUT2D eigenvalue weighted by Crippen LogP contribution is 2.30. The van der Waals surface area contributed by atoms with Gasteiger partial charge in [0.05, 0.1) is 0 Å². The van der Waals surface area contributed by atoms with E-state index >= 15 is 0 Å². The van der Waals surface area contributed by atoms with E-state index in [1.807, 2.05) is 17.0 Å². The topological polar surface area (TPSA) is 32.3 Å². The summed E-state index contributed by atoms with van der Waals surface area (Å²) >= 11 is 0. The molecule has 2 aromatic rings. The van der Waals surface area contributed by atoms with Gasteiger partial charge in [-0.2, -0.15) is 0 Å². The lowest BCUT2D eigenvalue weighted by atomic mass is 10.0. The maximum atomic E-state index is 12.0. The smallest absolute Gasteiger partial charge is 0.226 e. The molecule has 3 nitrogen and oxygen atoms in total. The second kappa shape index (κ2) is 5.48. The number of fused-ring (bicyclic) bond motifs is 1. The molecule has 0 aromatic heterocycles. The molecule has 1 N–H and O–H groups in total. The van der Waals surface area contributed by atoms with Gasteiger partial charge in [0.2, 0.25) is 5.91 Å². The Hall–Kier alpha value is -2.29. The molecule has 1 saturated heterocycles. The highest BCUT2D eigenvalue weighted by molar-refractivity contribution is 5.94. The fraction of sp³-hybridized carbons (Fsp3) is 0.316. The number of carbonyl (C=O) groups excluding carboxylic acids is 1. The van der Waals surface area contributed by atoms with Crippen molar-refractivity contribution in [2.45, 2.75) is 25.7 Å². The molecule has 3 heteroatoms. The van der Waals surface area contributed by atoms with Crippen molar-refractivity contribution >= 4 is 17.3 Å². The van der Waals surface area contributed by atoms with E-state index in [2.05, 4.69) is 35.6 Å². The fourth-order valence-corrected chi connectivity index (χ4v) is 3.30. The quantitative estimate of drug-likeness (QED) is 0.916. The number of rotatable bonds is 2. The van der Waals surface area contributed by atoms with E-state index in [1.54, 1.807) is 0 Å². The van der Waals surface area contributed by atoms with Crippen LogP contribution in [0.5, 0.6) is 0 Å². The van der Waals surface area contributed by atoms with Gasteiger partial charge < -0.3 is 10.2 Å². The van der Waals surface area contributed by atoms with Gasteiger partial charge in [-0.15, -0.1) is 0 Å². The van der Waals surface area contributed by atoms with Gasteiger partial charge in [-0.05, 0) is 60.2 Å². The van der Waals surface area contributed by atoms with Crippen LogP contribution < -0.4 is 10.2 Å². The number of anilines is 2. The van der Waals surface area contributed by atoms with E-state index in [0.717, 1.165) is 43.6 Å². The van der Waals surface area contributed by atoms with Crippen LogP contribution in [0.2, 0.25) is 0 Å². The third-order valence-electron chi connectivity index (χ3n) is 4.56. The van der Waals surface area contributed by atoms with Gasteiger partial charge in [0.25, 0.3) is 0 Å². The second-order valence-corrected chi connectivity index (χ2v) is 6.01. The van der Waals surface area contributed by atoms with Crippen LogP contribution in [0, 0.1) is 6.07 Å². The maximum Gasteiger partial charge on any atom is 0.226 e. The van der Waals surface area contributed by atoms with Crippen molar-refractivity contribution in [3.8, 4) is 11.1 Å². The Morgan fingerprint density at radius 3 is 2.86 bits per heavy atom. The van der Waals surface area contributed by atoms with Gasteiger partial charge in [0.15, 0.2) is 0 Å². The summed E-state index contributed by atoms with van der Waals surface area (Å²) in [5.41, 5.74) is 5.84. The predicted molar refractivity (Wildman–Crippen MR) is 89.1 cm³/mol.